The first kappa shape index (κ1) is 16.2. The first-order chi connectivity index (χ1) is 10.2. The fourth-order valence-corrected chi connectivity index (χ4v) is 2.85. The van der Waals surface area contributed by atoms with E-state index in [-0.39, 0.29) is 0 Å². The maximum Gasteiger partial charge on any atom is 0.179 e. The van der Waals surface area contributed by atoms with Gasteiger partial charge in [0, 0.05) is 26.8 Å². The van der Waals surface area contributed by atoms with Gasteiger partial charge in [0.2, 0.25) is 0 Å². The van der Waals surface area contributed by atoms with E-state index >= 15 is 0 Å². The zero-order valence-corrected chi connectivity index (χ0v) is 14.1. The van der Waals surface area contributed by atoms with E-state index in [4.69, 9.17) is 17.0 Å². The first-order valence-electron chi connectivity index (χ1n) is 7.91. The minimum atomic E-state index is 0.781. The van der Waals surface area contributed by atoms with E-state index in [1.165, 1.54) is 6.42 Å². The number of aryl methyl sites for hydroxylation is 3. The highest BCUT2D eigenvalue weighted by molar-refractivity contribution is 7.71. The van der Waals surface area contributed by atoms with Gasteiger partial charge in [-0.05, 0) is 31.5 Å². The van der Waals surface area contributed by atoms with Crippen LogP contribution in [0.15, 0.2) is 0 Å². The van der Waals surface area contributed by atoms with Gasteiger partial charge in [-0.1, -0.05) is 26.7 Å². The maximum absolute atomic E-state index is 5.62. The van der Waals surface area contributed by atoms with Crippen molar-refractivity contribution in [3.63, 3.8) is 0 Å². The maximum atomic E-state index is 5.62. The first-order valence-corrected chi connectivity index (χ1v) is 8.32. The van der Waals surface area contributed by atoms with Crippen molar-refractivity contribution in [3.05, 3.63) is 10.5 Å². The molecule has 0 aliphatic rings. The van der Waals surface area contributed by atoms with Crippen LogP contribution in [-0.4, -0.2) is 32.5 Å². The monoisotopic (exact) mass is 310 g/mol. The Hall–Kier alpha value is -1.14. The topological polar surface area (TPSA) is 47.8 Å². The lowest BCUT2D eigenvalue weighted by Gasteiger charge is -2.06. The van der Waals surface area contributed by atoms with Crippen LogP contribution < -0.4 is 0 Å². The molecule has 118 valence electrons. The van der Waals surface area contributed by atoms with Crippen molar-refractivity contribution in [1.82, 2.24) is 19.3 Å². The summed E-state index contributed by atoms with van der Waals surface area (Å²) >= 11 is 5.46. The molecule has 0 fully saturated rings. The van der Waals surface area contributed by atoms with Crippen molar-refractivity contribution in [3.8, 4) is 0 Å². The lowest BCUT2D eigenvalue weighted by molar-refractivity contribution is 0.126. The molecule has 0 aliphatic carbocycles. The van der Waals surface area contributed by atoms with Crippen LogP contribution in [0.5, 0.6) is 0 Å². The highest BCUT2D eigenvalue weighted by Crippen LogP contribution is 2.19. The van der Waals surface area contributed by atoms with Gasteiger partial charge < -0.3 is 14.3 Å². The molecule has 0 atom stereocenters. The summed E-state index contributed by atoms with van der Waals surface area (Å²) in [7, 11) is 1.98. The predicted molar refractivity (Wildman–Crippen MR) is 88.2 cm³/mol. The number of fused-ring (bicyclic) bond motifs is 1. The van der Waals surface area contributed by atoms with E-state index in [2.05, 4.69) is 28.5 Å². The predicted octanol–water partition coefficient (Wildman–Crippen LogP) is 3.59. The number of hydrogen-bond donors (Lipinski definition) is 1. The number of rotatable bonds is 9. The number of nitrogens with one attached hydrogen (secondary N) is 1. The van der Waals surface area contributed by atoms with Crippen LogP contribution in [0.4, 0.5) is 0 Å². The van der Waals surface area contributed by atoms with Crippen molar-refractivity contribution >= 4 is 23.4 Å². The number of aromatic amines is 1. The molecule has 2 aromatic rings. The molecule has 0 unspecified atom stereocenters. The van der Waals surface area contributed by atoms with E-state index in [0.29, 0.717) is 0 Å². The summed E-state index contributed by atoms with van der Waals surface area (Å²) in [4.78, 5) is 3.32. The molecule has 2 heterocycles. The molecular weight excluding hydrogens is 284 g/mol. The second-order valence-electron chi connectivity index (χ2n) is 5.42. The molecule has 0 amide bonds. The van der Waals surface area contributed by atoms with Crippen LogP contribution in [-0.2, 0) is 24.8 Å². The van der Waals surface area contributed by atoms with Crippen molar-refractivity contribution in [1.29, 1.82) is 0 Å². The third-order valence-electron chi connectivity index (χ3n) is 3.62. The van der Waals surface area contributed by atoms with Gasteiger partial charge in [-0.25, -0.2) is 0 Å². The van der Waals surface area contributed by atoms with Crippen LogP contribution in [0, 0.1) is 4.77 Å². The molecule has 6 heteroatoms. The van der Waals surface area contributed by atoms with Crippen molar-refractivity contribution in [2.75, 3.05) is 13.2 Å². The summed E-state index contributed by atoms with van der Waals surface area (Å²) in [6.45, 7) is 6.86. The lowest BCUT2D eigenvalue weighted by Crippen LogP contribution is -2.06. The van der Waals surface area contributed by atoms with Crippen LogP contribution >= 0.6 is 12.2 Å². The molecule has 0 bridgehead atoms. The highest BCUT2D eigenvalue weighted by atomic mass is 32.1. The molecule has 1 N–H and O–H groups in total. The number of H-pyrrole nitrogens is 1. The summed E-state index contributed by atoms with van der Waals surface area (Å²) in [5, 5.41) is 4.60. The third kappa shape index (κ3) is 3.74. The number of ether oxygens (including phenoxy) is 1. The average Bonchev–Trinajstić information content (AvgIpc) is 2.93. The van der Waals surface area contributed by atoms with E-state index in [9.17, 15) is 0 Å². The molecule has 0 aliphatic heterocycles. The van der Waals surface area contributed by atoms with Crippen LogP contribution in [0.1, 0.15) is 45.2 Å². The summed E-state index contributed by atoms with van der Waals surface area (Å²) < 4.78 is 10.5. The standard InChI is InChI=1S/C15H26N4OS/c1-4-6-10-20-11-7-9-19-14-13(16-15(19)21)12(8-5-2)17-18(14)3/h4-11H2,1-3H3,(H,16,21). The average molecular weight is 310 g/mol. The summed E-state index contributed by atoms with van der Waals surface area (Å²) in [5.41, 5.74) is 3.30. The van der Waals surface area contributed by atoms with Crippen molar-refractivity contribution in [2.24, 2.45) is 7.05 Å². The third-order valence-corrected chi connectivity index (χ3v) is 3.94. The number of hydrogen-bond acceptors (Lipinski definition) is 3. The molecule has 0 spiro atoms. The Bertz CT molecular complexity index is 625. The van der Waals surface area contributed by atoms with Crippen molar-refractivity contribution < 1.29 is 4.74 Å². The minimum absolute atomic E-state index is 0.781. The fourth-order valence-electron chi connectivity index (χ4n) is 2.57. The van der Waals surface area contributed by atoms with Gasteiger partial charge in [0.25, 0.3) is 0 Å². The molecule has 2 aromatic heterocycles. The largest absolute Gasteiger partial charge is 0.381 e. The Balaban J connectivity index is 2.06. The van der Waals surface area contributed by atoms with E-state index < -0.39 is 0 Å². The second-order valence-corrected chi connectivity index (χ2v) is 5.81. The highest BCUT2D eigenvalue weighted by Gasteiger charge is 2.14. The summed E-state index contributed by atoms with van der Waals surface area (Å²) in [5.74, 6) is 0. The zero-order valence-electron chi connectivity index (χ0n) is 13.3. The van der Waals surface area contributed by atoms with Gasteiger partial charge in [-0.3, -0.25) is 4.68 Å². The Labute approximate surface area is 131 Å². The van der Waals surface area contributed by atoms with Gasteiger partial charge in [-0.15, -0.1) is 0 Å². The smallest absolute Gasteiger partial charge is 0.179 e. The number of aromatic nitrogens is 4. The zero-order chi connectivity index (χ0) is 15.2. The van der Waals surface area contributed by atoms with Gasteiger partial charge >= 0.3 is 0 Å². The molecule has 0 saturated heterocycles. The van der Waals surface area contributed by atoms with Gasteiger partial charge in [0.1, 0.15) is 5.52 Å². The Morgan fingerprint density at radius 1 is 1.19 bits per heavy atom. The quantitative estimate of drug-likeness (QED) is 0.569. The minimum Gasteiger partial charge on any atom is -0.381 e. The Morgan fingerprint density at radius 3 is 2.67 bits per heavy atom. The molecule has 5 nitrogen and oxygen atoms in total. The van der Waals surface area contributed by atoms with E-state index in [1.54, 1.807) is 0 Å². The van der Waals surface area contributed by atoms with E-state index in [1.807, 2.05) is 11.7 Å². The van der Waals surface area contributed by atoms with Gasteiger partial charge in [-0.2, -0.15) is 5.10 Å². The number of imidazole rings is 1. The number of nitrogens with zero attached hydrogens (tertiary/aromatic N) is 3. The fraction of sp³-hybridized carbons (Fsp3) is 0.733. The Morgan fingerprint density at radius 2 is 1.95 bits per heavy atom. The molecule has 0 radical (unpaired) electrons. The summed E-state index contributed by atoms with van der Waals surface area (Å²) in [6.07, 6.45) is 5.35. The number of unbranched alkanes of at least 4 members (excludes halogenated alkanes) is 1. The van der Waals surface area contributed by atoms with Crippen LogP contribution in [0.25, 0.3) is 11.2 Å². The molecule has 21 heavy (non-hydrogen) atoms. The molecule has 2 rings (SSSR count). The van der Waals surface area contributed by atoms with Crippen LogP contribution in [0.3, 0.4) is 0 Å². The molecule has 0 saturated carbocycles. The van der Waals surface area contributed by atoms with Crippen molar-refractivity contribution in [2.45, 2.75) is 52.5 Å². The normalized spacial score (nSPS) is 11.6. The Kier molecular flexibility index (Phi) is 5.99. The summed E-state index contributed by atoms with van der Waals surface area (Å²) in [6, 6.07) is 0. The lowest BCUT2D eigenvalue weighted by atomic mass is 10.2. The second kappa shape index (κ2) is 7.75. The van der Waals surface area contributed by atoms with Gasteiger partial charge in [0.05, 0.1) is 5.69 Å². The molecule has 0 aromatic carbocycles. The SMILES string of the molecule is CCCCOCCCn1c(=S)[nH]c2c(CCC)nn(C)c21. The van der Waals surface area contributed by atoms with Crippen LogP contribution in [0.2, 0.25) is 0 Å². The molecular formula is C15H26N4OS. The van der Waals surface area contributed by atoms with Gasteiger partial charge in [0.15, 0.2) is 10.4 Å². The van der Waals surface area contributed by atoms with E-state index in [0.717, 1.165) is 67.1 Å².